The largest absolute Gasteiger partial charge is 0.309 e. The third-order valence-corrected chi connectivity index (χ3v) is 4.98. The highest BCUT2D eigenvalue weighted by Crippen LogP contribution is 2.31. The van der Waals surface area contributed by atoms with Crippen LogP contribution in [0.3, 0.4) is 0 Å². The molecule has 1 saturated carbocycles. The average molecular weight is 251 g/mol. The van der Waals surface area contributed by atoms with Gasteiger partial charge in [-0.2, -0.15) is 0 Å². The molecule has 1 aromatic rings. The van der Waals surface area contributed by atoms with Crippen molar-refractivity contribution in [2.24, 2.45) is 0 Å². The van der Waals surface area contributed by atoms with Gasteiger partial charge >= 0.3 is 0 Å². The maximum atomic E-state index is 4.37. The van der Waals surface area contributed by atoms with Gasteiger partial charge in [-0.25, -0.2) is 4.98 Å². The minimum atomic E-state index is 0.459. The third-order valence-electron chi connectivity index (χ3n) is 4.14. The average Bonchev–Trinajstić information content (AvgIpc) is 2.99. The summed E-state index contributed by atoms with van der Waals surface area (Å²) in [5.41, 5.74) is 0.459. The summed E-state index contributed by atoms with van der Waals surface area (Å²) < 4.78 is 0. The van der Waals surface area contributed by atoms with E-state index in [9.17, 15) is 0 Å². The van der Waals surface area contributed by atoms with Crippen LogP contribution < -0.4 is 5.32 Å². The molecule has 0 radical (unpaired) electrons. The van der Waals surface area contributed by atoms with E-state index in [4.69, 9.17) is 0 Å². The third kappa shape index (κ3) is 2.69. The van der Waals surface area contributed by atoms with Gasteiger partial charge in [-0.3, -0.25) is 4.90 Å². The molecule has 1 spiro atoms. The molecule has 94 valence electrons. The molecular weight excluding hydrogens is 230 g/mol. The van der Waals surface area contributed by atoms with E-state index in [1.807, 2.05) is 6.20 Å². The van der Waals surface area contributed by atoms with Gasteiger partial charge in [0.2, 0.25) is 0 Å². The fourth-order valence-corrected chi connectivity index (χ4v) is 3.86. The Labute approximate surface area is 107 Å². The number of hydrogen-bond donors (Lipinski definition) is 1. The van der Waals surface area contributed by atoms with E-state index < -0.39 is 0 Å². The second-order valence-corrected chi connectivity index (χ2v) is 6.35. The fourth-order valence-electron chi connectivity index (χ4n) is 3.25. The molecule has 3 rings (SSSR count). The Morgan fingerprint density at radius 3 is 3.06 bits per heavy atom. The first kappa shape index (κ1) is 11.6. The van der Waals surface area contributed by atoms with Crippen LogP contribution in [0.2, 0.25) is 0 Å². The minimum Gasteiger partial charge on any atom is -0.309 e. The highest BCUT2D eigenvalue weighted by molar-refractivity contribution is 7.09. The molecule has 2 fully saturated rings. The van der Waals surface area contributed by atoms with E-state index in [-0.39, 0.29) is 0 Å². The molecule has 1 saturated heterocycles. The maximum absolute atomic E-state index is 4.37. The number of hydrogen-bond acceptors (Lipinski definition) is 4. The number of nitrogens with one attached hydrogen (secondary N) is 1. The van der Waals surface area contributed by atoms with Crippen LogP contribution >= 0.6 is 11.3 Å². The molecule has 2 aliphatic rings. The van der Waals surface area contributed by atoms with Crippen LogP contribution in [0, 0.1) is 0 Å². The molecule has 0 aromatic carbocycles. The predicted molar refractivity (Wildman–Crippen MR) is 71.5 cm³/mol. The molecule has 0 atom stereocenters. The highest BCUT2D eigenvalue weighted by atomic mass is 32.1. The number of nitrogens with zero attached hydrogens (tertiary/aromatic N) is 2. The Morgan fingerprint density at radius 2 is 2.29 bits per heavy atom. The summed E-state index contributed by atoms with van der Waals surface area (Å²) >= 11 is 1.78. The van der Waals surface area contributed by atoms with Gasteiger partial charge in [-0.05, 0) is 12.8 Å². The molecule has 1 N–H and O–H groups in total. The van der Waals surface area contributed by atoms with Crippen LogP contribution in [-0.2, 0) is 6.42 Å². The monoisotopic (exact) mass is 251 g/mol. The summed E-state index contributed by atoms with van der Waals surface area (Å²) in [7, 11) is 0. The number of rotatable bonds is 3. The molecule has 1 aliphatic heterocycles. The van der Waals surface area contributed by atoms with Crippen molar-refractivity contribution >= 4 is 11.3 Å². The van der Waals surface area contributed by atoms with E-state index >= 15 is 0 Å². The van der Waals surface area contributed by atoms with Crippen molar-refractivity contribution in [2.45, 2.75) is 37.6 Å². The molecule has 0 amide bonds. The topological polar surface area (TPSA) is 28.2 Å². The predicted octanol–water partition coefficient (Wildman–Crippen LogP) is 1.90. The van der Waals surface area contributed by atoms with Gasteiger partial charge in [0.25, 0.3) is 0 Å². The number of piperazine rings is 1. The van der Waals surface area contributed by atoms with Crippen LogP contribution in [0.5, 0.6) is 0 Å². The van der Waals surface area contributed by atoms with Crippen molar-refractivity contribution in [2.75, 3.05) is 26.2 Å². The van der Waals surface area contributed by atoms with Crippen molar-refractivity contribution in [1.82, 2.24) is 15.2 Å². The molecule has 2 heterocycles. The van der Waals surface area contributed by atoms with Gasteiger partial charge in [0.15, 0.2) is 0 Å². The molecule has 0 bridgehead atoms. The van der Waals surface area contributed by atoms with Gasteiger partial charge in [0.05, 0.1) is 5.01 Å². The molecule has 0 unspecified atom stereocenters. The summed E-state index contributed by atoms with van der Waals surface area (Å²) in [5.74, 6) is 0. The highest BCUT2D eigenvalue weighted by Gasteiger charge is 2.37. The molecule has 1 aliphatic carbocycles. The van der Waals surface area contributed by atoms with Crippen molar-refractivity contribution in [1.29, 1.82) is 0 Å². The quantitative estimate of drug-likeness (QED) is 0.889. The van der Waals surface area contributed by atoms with Crippen molar-refractivity contribution in [3.05, 3.63) is 16.6 Å². The lowest BCUT2D eigenvalue weighted by Gasteiger charge is -2.41. The normalized spacial score (nSPS) is 24.5. The first-order chi connectivity index (χ1) is 8.36. The lowest BCUT2D eigenvalue weighted by molar-refractivity contribution is 0.136. The van der Waals surface area contributed by atoms with Crippen LogP contribution in [0.4, 0.5) is 0 Å². The lowest BCUT2D eigenvalue weighted by atomic mass is 9.94. The molecule has 1 aromatic heterocycles. The maximum Gasteiger partial charge on any atom is 0.0937 e. The molecule has 4 heteroatoms. The Hall–Kier alpha value is -0.450. The van der Waals surface area contributed by atoms with Crippen LogP contribution in [0.25, 0.3) is 0 Å². The standard InChI is InChI=1S/C13H21N3S/c1-2-5-13(4-1)11-16(9-6-15-13)8-3-12-14-7-10-17-12/h7,10,15H,1-6,8-9,11H2. The summed E-state index contributed by atoms with van der Waals surface area (Å²) in [6.07, 6.45) is 8.60. The lowest BCUT2D eigenvalue weighted by Crippen LogP contribution is -2.59. The Balaban J connectivity index is 1.53. The van der Waals surface area contributed by atoms with E-state index in [0.29, 0.717) is 5.54 Å². The Bertz CT molecular complexity index is 344. The Morgan fingerprint density at radius 1 is 1.41 bits per heavy atom. The molecule has 17 heavy (non-hydrogen) atoms. The number of thiazole rings is 1. The zero-order valence-electron chi connectivity index (χ0n) is 10.3. The zero-order valence-corrected chi connectivity index (χ0v) is 11.1. The van der Waals surface area contributed by atoms with Gasteiger partial charge in [-0.15, -0.1) is 11.3 Å². The van der Waals surface area contributed by atoms with Crippen LogP contribution in [0.15, 0.2) is 11.6 Å². The van der Waals surface area contributed by atoms with E-state index in [1.165, 1.54) is 50.3 Å². The summed E-state index contributed by atoms with van der Waals surface area (Å²) in [5, 5.41) is 7.12. The van der Waals surface area contributed by atoms with Crippen LogP contribution in [0.1, 0.15) is 30.7 Å². The van der Waals surface area contributed by atoms with Gasteiger partial charge in [0, 0.05) is 49.7 Å². The van der Waals surface area contributed by atoms with Gasteiger partial charge in [-0.1, -0.05) is 12.8 Å². The van der Waals surface area contributed by atoms with Crippen LogP contribution in [-0.4, -0.2) is 41.6 Å². The van der Waals surface area contributed by atoms with Gasteiger partial charge < -0.3 is 5.32 Å². The van der Waals surface area contributed by atoms with E-state index in [2.05, 4.69) is 20.6 Å². The Kier molecular flexibility index (Phi) is 3.45. The number of aromatic nitrogens is 1. The SMILES string of the molecule is c1csc(CCN2CCNC3(CCCC3)C2)n1. The zero-order chi connectivity index (χ0) is 11.6. The fraction of sp³-hybridized carbons (Fsp3) is 0.769. The summed E-state index contributed by atoms with van der Waals surface area (Å²) in [4.78, 5) is 6.99. The first-order valence-corrected chi connectivity index (χ1v) is 7.60. The van der Waals surface area contributed by atoms with Crippen molar-refractivity contribution in [3.63, 3.8) is 0 Å². The second kappa shape index (κ2) is 5.04. The van der Waals surface area contributed by atoms with Gasteiger partial charge in [0.1, 0.15) is 0 Å². The molecule has 3 nitrogen and oxygen atoms in total. The summed E-state index contributed by atoms with van der Waals surface area (Å²) in [6.45, 7) is 4.79. The smallest absolute Gasteiger partial charge is 0.0937 e. The van der Waals surface area contributed by atoms with E-state index in [0.717, 1.165) is 13.0 Å². The summed E-state index contributed by atoms with van der Waals surface area (Å²) in [6, 6.07) is 0. The second-order valence-electron chi connectivity index (χ2n) is 5.37. The molecular formula is C13H21N3S. The van der Waals surface area contributed by atoms with E-state index in [1.54, 1.807) is 11.3 Å². The van der Waals surface area contributed by atoms with Crippen molar-refractivity contribution in [3.8, 4) is 0 Å². The minimum absolute atomic E-state index is 0.459. The first-order valence-electron chi connectivity index (χ1n) is 6.72. The van der Waals surface area contributed by atoms with Crippen molar-refractivity contribution < 1.29 is 0 Å².